The van der Waals surface area contributed by atoms with Crippen molar-refractivity contribution in [1.82, 2.24) is 20.2 Å². The molecule has 1 unspecified atom stereocenters. The largest absolute Gasteiger partial charge is 0.383 e. The van der Waals surface area contributed by atoms with Gasteiger partial charge in [-0.2, -0.15) is 0 Å². The van der Waals surface area contributed by atoms with Crippen LogP contribution in [0.1, 0.15) is 32.6 Å². The lowest BCUT2D eigenvalue weighted by molar-refractivity contribution is -0.0248. The van der Waals surface area contributed by atoms with Crippen molar-refractivity contribution in [2.75, 3.05) is 40.0 Å². The molecule has 1 saturated heterocycles. The second kappa shape index (κ2) is 9.63. The minimum atomic E-state index is -0.434. The molecule has 1 aromatic carbocycles. The van der Waals surface area contributed by atoms with Gasteiger partial charge in [-0.25, -0.2) is 4.98 Å². The summed E-state index contributed by atoms with van der Waals surface area (Å²) in [5.74, 6) is -0.346. The molecule has 8 heteroatoms. The molecule has 0 radical (unpaired) electrons. The maximum atomic E-state index is 12.8. The minimum Gasteiger partial charge on any atom is -0.383 e. The van der Waals surface area contributed by atoms with Crippen molar-refractivity contribution < 1.29 is 19.1 Å². The van der Waals surface area contributed by atoms with E-state index in [0.717, 1.165) is 5.39 Å². The van der Waals surface area contributed by atoms with Crippen molar-refractivity contribution in [2.45, 2.75) is 6.10 Å². The highest BCUT2D eigenvalue weighted by Gasteiger charge is 2.28. The summed E-state index contributed by atoms with van der Waals surface area (Å²) < 4.78 is 10.9. The lowest BCUT2D eigenvalue weighted by Gasteiger charge is -2.32. The number of morpholine rings is 1. The first-order chi connectivity index (χ1) is 15.2. The van der Waals surface area contributed by atoms with Crippen LogP contribution in [0, 0.1) is 0 Å². The third kappa shape index (κ3) is 4.70. The molecule has 1 atom stereocenters. The van der Waals surface area contributed by atoms with Crippen LogP contribution in [0.5, 0.6) is 0 Å². The van der Waals surface area contributed by atoms with Crippen LogP contribution in [0.15, 0.2) is 54.7 Å². The summed E-state index contributed by atoms with van der Waals surface area (Å²) in [6.45, 7) is 2.04. The molecule has 8 nitrogen and oxygen atoms in total. The van der Waals surface area contributed by atoms with Crippen LogP contribution in [-0.4, -0.2) is 66.6 Å². The molecule has 3 aromatic rings. The molecule has 1 aliphatic rings. The Balaban J connectivity index is 1.61. The van der Waals surface area contributed by atoms with Gasteiger partial charge in [-0.15, -0.1) is 0 Å². The highest BCUT2D eigenvalue weighted by atomic mass is 16.5. The Hall–Kier alpha value is -3.36. The van der Waals surface area contributed by atoms with E-state index in [1.165, 1.54) is 0 Å². The number of aromatic nitrogens is 2. The molecule has 31 heavy (non-hydrogen) atoms. The Morgan fingerprint density at radius 1 is 1.23 bits per heavy atom. The fraction of sp³-hybridized carbons (Fsp3) is 0.304. The molecule has 4 rings (SSSR count). The number of fused-ring (bicyclic) bond motifs is 1. The predicted molar refractivity (Wildman–Crippen MR) is 115 cm³/mol. The summed E-state index contributed by atoms with van der Waals surface area (Å²) in [5.41, 5.74) is 2.24. The Bertz CT molecular complexity index is 1070. The van der Waals surface area contributed by atoms with Gasteiger partial charge in [-0.1, -0.05) is 24.3 Å². The zero-order valence-corrected chi connectivity index (χ0v) is 17.3. The molecule has 2 amide bonds. The Kier molecular flexibility index (Phi) is 6.49. The molecule has 3 heterocycles. The van der Waals surface area contributed by atoms with E-state index in [1.54, 1.807) is 42.5 Å². The van der Waals surface area contributed by atoms with Gasteiger partial charge in [0.1, 0.15) is 11.8 Å². The molecule has 1 fully saturated rings. The van der Waals surface area contributed by atoms with E-state index >= 15 is 0 Å². The van der Waals surface area contributed by atoms with Crippen LogP contribution in [0.4, 0.5) is 0 Å². The number of hydrogen-bond acceptors (Lipinski definition) is 6. The van der Waals surface area contributed by atoms with Crippen LogP contribution in [0.3, 0.4) is 0 Å². The zero-order chi connectivity index (χ0) is 21.6. The lowest BCUT2D eigenvalue weighted by Crippen LogP contribution is -2.42. The molecule has 0 saturated carbocycles. The predicted octanol–water partition coefficient (Wildman–Crippen LogP) is 2.22. The summed E-state index contributed by atoms with van der Waals surface area (Å²) in [6.07, 6.45) is 1.17. The van der Waals surface area contributed by atoms with Crippen LogP contribution in [0.25, 0.3) is 10.9 Å². The van der Waals surface area contributed by atoms with Crippen LogP contribution >= 0.6 is 0 Å². The first-order valence-corrected chi connectivity index (χ1v) is 10.2. The second-order valence-corrected chi connectivity index (χ2v) is 7.19. The van der Waals surface area contributed by atoms with Crippen LogP contribution in [-0.2, 0) is 9.47 Å². The number of carbonyl (C=O) groups excluding carboxylic acids is 2. The standard InChI is InChI=1S/C23H24N4O4/c1-30-12-10-25-22(28)17-14-20(26-18-7-3-2-6-16(17)18)21-15-27(11-13-31-21)23(29)19-8-4-5-9-24-19/h2-9,14,21H,10-13,15H2,1H3,(H,25,28). The second-order valence-electron chi connectivity index (χ2n) is 7.19. The van der Waals surface area contributed by atoms with E-state index in [1.807, 2.05) is 24.3 Å². The van der Waals surface area contributed by atoms with Crippen molar-refractivity contribution >= 4 is 22.7 Å². The Morgan fingerprint density at radius 2 is 2.06 bits per heavy atom. The van der Waals surface area contributed by atoms with Crippen molar-refractivity contribution in [3.05, 3.63) is 71.7 Å². The zero-order valence-electron chi connectivity index (χ0n) is 17.3. The number of benzene rings is 1. The Morgan fingerprint density at radius 3 is 2.87 bits per heavy atom. The van der Waals surface area contributed by atoms with Gasteiger partial charge < -0.3 is 19.7 Å². The van der Waals surface area contributed by atoms with E-state index in [2.05, 4.69) is 10.3 Å². The van der Waals surface area contributed by atoms with Crippen molar-refractivity contribution in [2.24, 2.45) is 0 Å². The topological polar surface area (TPSA) is 93.7 Å². The van der Waals surface area contributed by atoms with Crippen LogP contribution in [0.2, 0.25) is 0 Å². The summed E-state index contributed by atoms with van der Waals surface area (Å²) in [4.78, 5) is 36.2. The number of carbonyl (C=O) groups is 2. The number of nitrogens with zero attached hydrogens (tertiary/aromatic N) is 3. The average Bonchev–Trinajstić information content (AvgIpc) is 2.83. The van der Waals surface area contributed by atoms with Crippen molar-refractivity contribution in [3.63, 3.8) is 0 Å². The van der Waals surface area contributed by atoms with Gasteiger partial charge in [0.15, 0.2) is 0 Å². The quantitative estimate of drug-likeness (QED) is 0.615. The minimum absolute atomic E-state index is 0.146. The number of pyridine rings is 2. The number of amides is 2. The van der Waals surface area contributed by atoms with E-state index in [9.17, 15) is 9.59 Å². The van der Waals surface area contributed by atoms with Gasteiger partial charge in [0.2, 0.25) is 0 Å². The van der Waals surface area contributed by atoms with Crippen LogP contribution < -0.4 is 5.32 Å². The molecule has 160 valence electrons. The van der Waals surface area contributed by atoms with Crippen molar-refractivity contribution in [1.29, 1.82) is 0 Å². The number of hydrogen-bond donors (Lipinski definition) is 1. The molecular formula is C23H24N4O4. The lowest BCUT2D eigenvalue weighted by atomic mass is 10.0. The highest BCUT2D eigenvalue weighted by molar-refractivity contribution is 6.06. The number of ether oxygens (including phenoxy) is 2. The molecule has 1 aliphatic heterocycles. The number of methoxy groups -OCH3 is 1. The Labute approximate surface area is 180 Å². The van der Waals surface area contributed by atoms with Gasteiger partial charge in [-0.3, -0.25) is 14.6 Å². The third-order valence-corrected chi connectivity index (χ3v) is 5.14. The first-order valence-electron chi connectivity index (χ1n) is 10.2. The molecule has 0 aliphatic carbocycles. The van der Waals surface area contributed by atoms with E-state index in [4.69, 9.17) is 14.5 Å². The van der Waals surface area contributed by atoms with Gasteiger partial charge >= 0.3 is 0 Å². The number of rotatable bonds is 6. The van der Waals surface area contributed by atoms with Gasteiger partial charge in [-0.05, 0) is 24.3 Å². The summed E-state index contributed by atoms with van der Waals surface area (Å²) in [7, 11) is 1.59. The van der Waals surface area contributed by atoms with Gasteiger partial charge in [0.25, 0.3) is 11.8 Å². The van der Waals surface area contributed by atoms with Gasteiger partial charge in [0, 0.05) is 31.8 Å². The highest BCUT2D eigenvalue weighted by Crippen LogP contribution is 2.26. The smallest absolute Gasteiger partial charge is 0.272 e. The molecule has 2 aromatic heterocycles. The monoisotopic (exact) mass is 420 g/mol. The summed E-state index contributed by atoms with van der Waals surface area (Å²) in [6, 6.07) is 14.5. The molecule has 0 spiro atoms. The first kappa shape index (κ1) is 20.9. The SMILES string of the molecule is COCCNC(=O)c1cc(C2CN(C(=O)c3ccccn3)CCO2)nc2ccccc12. The van der Waals surface area contributed by atoms with Crippen molar-refractivity contribution in [3.8, 4) is 0 Å². The maximum absolute atomic E-state index is 12.8. The third-order valence-electron chi connectivity index (χ3n) is 5.14. The normalized spacial score (nSPS) is 16.3. The fourth-order valence-electron chi connectivity index (χ4n) is 3.57. The molecular weight excluding hydrogens is 396 g/mol. The molecule has 0 bridgehead atoms. The fourth-order valence-corrected chi connectivity index (χ4v) is 3.57. The van der Waals surface area contributed by atoms with E-state index < -0.39 is 6.10 Å². The maximum Gasteiger partial charge on any atom is 0.272 e. The molecule has 1 N–H and O–H groups in total. The number of nitrogens with one attached hydrogen (secondary N) is 1. The van der Waals surface area contributed by atoms with Gasteiger partial charge in [0.05, 0.1) is 36.5 Å². The van der Waals surface area contributed by atoms with E-state index in [-0.39, 0.29) is 11.8 Å². The van der Waals surface area contributed by atoms with E-state index in [0.29, 0.717) is 55.3 Å². The average molecular weight is 420 g/mol. The summed E-state index contributed by atoms with van der Waals surface area (Å²) in [5, 5.41) is 3.63. The number of para-hydroxylation sites is 1. The summed E-state index contributed by atoms with van der Waals surface area (Å²) >= 11 is 0.